The summed E-state index contributed by atoms with van der Waals surface area (Å²) < 4.78 is 47.8. The molecule has 24 heavy (non-hydrogen) atoms. The van der Waals surface area contributed by atoms with Crippen LogP contribution >= 0.6 is 0 Å². The van der Waals surface area contributed by atoms with Crippen molar-refractivity contribution in [3.05, 3.63) is 47.5 Å². The number of nitrogens with two attached hydrogens (primary N) is 1. The maximum atomic E-state index is 12.5. The fourth-order valence-corrected chi connectivity index (χ4v) is 2.01. The highest BCUT2D eigenvalue weighted by Gasteiger charge is 2.30. The van der Waals surface area contributed by atoms with Crippen LogP contribution in [0, 0.1) is 0 Å². The average molecular weight is 340 g/mol. The molecule has 1 amide bonds. The molecule has 0 fully saturated rings. The van der Waals surface area contributed by atoms with E-state index in [-0.39, 0.29) is 16.9 Å². The third-order valence-electron chi connectivity index (χ3n) is 3.28. The molecule has 0 saturated carbocycles. The highest BCUT2D eigenvalue weighted by atomic mass is 19.4. The molecule has 0 radical (unpaired) electrons. The zero-order valence-corrected chi connectivity index (χ0v) is 12.9. The summed E-state index contributed by atoms with van der Waals surface area (Å²) in [6.07, 6.45) is -4.46. The zero-order chi connectivity index (χ0) is 17.9. The predicted octanol–water partition coefficient (Wildman–Crippen LogP) is 3.56. The second-order valence-electron chi connectivity index (χ2n) is 4.82. The normalized spacial score (nSPS) is 11.0. The van der Waals surface area contributed by atoms with Crippen molar-refractivity contribution in [3.63, 3.8) is 0 Å². The summed E-state index contributed by atoms with van der Waals surface area (Å²) in [6.45, 7) is 0. The molecule has 0 aliphatic carbocycles. The molecule has 5 nitrogen and oxygen atoms in total. The molecular formula is C16H15F3N2O3. The second kappa shape index (κ2) is 6.69. The number of halogens is 3. The largest absolute Gasteiger partial charge is 0.493 e. The first-order valence-corrected chi connectivity index (χ1v) is 6.76. The van der Waals surface area contributed by atoms with Gasteiger partial charge in [0, 0.05) is 17.7 Å². The highest BCUT2D eigenvalue weighted by molar-refractivity contribution is 6.06. The van der Waals surface area contributed by atoms with Gasteiger partial charge in [-0.2, -0.15) is 13.2 Å². The van der Waals surface area contributed by atoms with Gasteiger partial charge in [0.05, 0.1) is 31.2 Å². The maximum absolute atomic E-state index is 12.5. The van der Waals surface area contributed by atoms with E-state index in [9.17, 15) is 18.0 Å². The van der Waals surface area contributed by atoms with Gasteiger partial charge in [0.15, 0.2) is 11.5 Å². The van der Waals surface area contributed by atoms with Gasteiger partial charge in [-0.25, -0.2) is 0 Å². The van der Waals surface area contributed by atoms with Gasteiger partial charge in [0.1, 0.15) is 0 Å². The summed E-state index contributed by atoms with van der Waals surface area (Å²) in [5.41, 5.74) is 5.56. The Morgan fingerprint density at radius 1 is 1.04 bits per heavy atom. The number of carbonyl (C=O) groups excluding carboxylic acids is 1. The lowest BCUT2D eigenvalue weighted by Gasteiger charge is -2.13. The van der Waals surface area contributed by atoms with Crippen LogP contribution in [0.4, 0.5) is 24.5 Å². The first-order valence-electron chi connectivity index (χ1n) is 6.76. The Labute approximate surface area is 136 Å². The van der Waals surface area contributed by atoms with Crippen molar-refractivity contribution in [2.24, 2.45) is 0 Å². The predicted molar refractivity (Wildman–Crippen MR) is 83.4 cm³/mol. The average Bonchev–Trinajstić information content (AvgIpc) is 2.55. The molecule has 2 aromatic carbocycles. The second-order valence-corrected chi connectivity index (χ2v) is 4.82. The van der Waals surface area contributed by atoms with E-state index in [1.54, 1.807) is 0 Å². The fourth-order valence-electron chi connectivity index (χ4n) is 2.01. The minimum absolute atomic E-state index is 0.0668. The van der Waals surface area contributed by atoms with E-state index in [0.29, 0.717) is 11.5 Å². The van der Waals surface area contributed by atoms with Crippen molar-refractivity contribution in [2.75, 3.05) is 25.3 Å². The number of hydrogen-bond acceptors (Lipinski definition) is 4. The van der Waals surface area contributed by atoms with Crippen molar-refractivity contribution < 1.29 is 27.4 Å². The number of nitrogen functional groups attached to an aromatic ring is 1. The number of hydrogen-bond donors (Lipinski definition) is 2. The number of methoxy groups -OCH3 is 2. The zero-order valence-electron chi connectivity index (χ0n) is 12.9. The van der Waals surface area contributed by atoms with Gasteiger partial charge >= 0.3 is 6.18 Å². The Kier molecular flexibility index (Phi) is 4.87. The smallest absolute Gasteiger partial charge is 0.416 e. The Morgan fingerprint density at radius 3 is 2.08 bits per heavy atom. The standard InChI is InChI=1S/C16H15F3N2O3/c1-23-13-7-11(20)12(8-14(13)24-2)21-15(22)9-3-5-10(6-4-9)16(17,18)19/h3-8H,20H2,1-2H3,(H,21,22). The number of anilines is 2. The van der Waals surface area contributed by atoms with Crippen LogP contribution in [0.25, 0.3) is 0 Å². The van der Waals surface area contributed by atoms with E-state index in [0.717, 1.165) is 24.3 Å². The van der Waals surface area contributed by atoms with E-state index >= 15 is 0 Å². The monoisotopic (exact) mass is 340 g/mol. The van der Waals surface area contributed by atoms with Gasteiger partial charge in [0.2, 0.25) is 0 Å². The minimum atomic E-state index is -4.46. The molecule has 0 spiro atoms. The Hall–Kier alpha value is -2.90. The molecule has 8 heteroatoms. The molecular weight excluding hydrogens is 325 g/mol. The van der Waals surface area contributed by atoms with Gasteiger partial charge in [-0.05, 0) is 24.3 Å². The highest BCUT2D eigenvalue weighted by Crippen LogP contribution is 2.35. The van der Waals surface area contributed by atoms with Crippen molar-refractivity contribution in [3.8, 4) is 11.5 Å². The molecule has 2 rings (SSSR count). The lowest BCUT2D eigenvalue weighted by Crippen LogP contribution is -2.14. The maximum Gasteiger partial charge on any atom is 0.416 e. The summed E-state index contributed by atoms with van der Waals surface area (Å²) in [7, 11) is 2.87. The van der Waals surface area contributed by atoms with Gasteiger partial charge in [-0.15, -0.1) is 0 Å². The van der Waals surface area contributed by atoms with Crippen LogP contribution in [0.15, 0.2) is 36.4 Å². The Balaban J connectivity index is 2.23. The van der Waals surface area contributed by atoms with Crippen LogP contribution in [0.5, 0.6) is 11.5 Å². The van der Waals surface area contributed by atoms with Crippen molar-refractivity contribution in [2.45, 2.75) is 6.18 Å². The van der Waals surface area contributed by atoms with Crippen molar-refractivity contribution in [1.29, 1.82) is 0 Å². The molecule has 3 N–H and O–H groups in total. The topological polar surface area (TPSA) is 73.6 Å². The molecule has 2 aromatic rings. The lowest BCUT2D eigenvalue weighted by atomic mass is 10.1. The van der Waals surface area contributed by atoms with E-state index < -0.39 is 17.6 Å². The quantitative estimate of drug-likeness (QED) is 0.835. The molecule has 0 aliphatic heterocycles. The number of alkyl halides is 3. The number of rotatable bonds is 4. The summed E-state index contributed by atoms with van der Waals surface area (Å²) in [5.74, 6) is 0.152. The van der Waals surface area contributed by atoms with Crippen LogP contribution in [0.2, 0.25) is 0 Å². The van der Waals surface area contributed by atoms with Gasteiger partial charge in [-0.1, -0.05) is 0 Å². The van der Waals surface area contributed by atoms with Gasteiger partial charge in [0.25, 0.3) is 5.91 Å². The first kappa shape index (κ1) is 17.5. The third kappa shape index (κ3) is 3.70. The van der Waals surface area contributed by atoms with Crippen LogP contribution < -0.4 is 20.5 Å². The molecule has 128 valence electrons. The minimum Gasteiger partial charge on any atom is -0.493 e. The number of amides is 1. The van der Waals surface area contributed by atoms with Gasteiger partial charge in [-0.3, -0.25) is 4.79 Å². The fraction of sp³-hybridized carbons (Fsp3) is 0.188. The Bertz CT molecular complexity index is 743. The van der Waals surface area contributed by atoms with Crippen molar-refractivity contribution >= 4 is 17.3 Å². The van der Waals surface area contributed by atoms with Crippen LogP contribution in [-0.4, -0.2) is 20.1 Å². The third-order valence-corrected chi connectivity index (χ3v) is 3.28. The summed E-state index contributed by atoms with van der Waals surface area (Å²) in [6, 6.07) is 6.81. The molecule has 0 atom stereocenters. The molecule has 0 unspecified atom stereocenters. The molecule has 0 heterocycles. The summed E-state index contributed by atoms with van der Waals surface area (Å²) >= 11 is 0. The lowest BCUT2D eigenvalue weighted by molar-refractivity contribution is -0.137. The molecule has 0 aromatic heterocycles. The van der Waals surface area contributed by atoms with E-state index in [4.69, 9.17) is 15.2 Å². The van der Waals surface area contributed by atoms with Gasteiger partial charge < -0.3 is 20.5 Å². The van der Waals surface area contributed by atoms with Crippen molar-refractivity contribution in [1.82, 2.24) is 0 Å². The molecule has 0 aliphatic rings. The number of benzene rings is 2. The summed E-state index contributed by atoms with van der Waals surface area (Å²) in [5, 5.41) is 2.53. The van der Waals surface area contributed by atoms with E-state index in [1.165, 1.54) is 26.4 Å². The Morgan fingerprint density at radius 2 is 1.58 bits per heavy atom. The number of ether oxygens (including phenoxy) is 2. The van der Waals surface area contributed by atoms with Crippen LogP contribution in [-0.2, 0) is 6.18 Å². The van der Waals surface area contributed by atoms with E-state index in [2.05, 4.69) is 5.32 Å². The number of carbonyl (C=O) groups is 1. The van der Waals surface area contributed by atoms with Crippen LogP contribution in [0.1, 0.15) is 15.9 Å². The SMILES string of the molecule is COc1cc(N)c(NC(=O)c2ccc(C(F)(F)F)cc2)cc1OC. The molecule has 0 bridgehead atoms. The van der Waals surface area contributed by atoms with E-state index in [1.807, 2.05) is 0 Å². The first-order chi connectivity index (χ1) is 11.3. The molecule has 0 saturated heterocycles. The number of nitrogens with one attached hydrogen (secondary N) is 1. The summed E-state index contributed by atoms with van der Waals surface area (Å²) in [4.78, 5) is 12.2. The van der Waals surface area contributed by atoms with Crippen LogP contribution in [0.3, 0.4) is 0 Å².